The van der Waals surface area contributed by atoms with Gasteiger partial charge in [0.05, 0.1) is 12.1 Å². The van der Waals surface area contributed by atoms with Gasteiger partial charge in [-0.15, -0.1) is 0 Å². The lowest BCUT2D eigenvalue weighted by atomic mass is 9.97. The summed E-state index contributed by atoms with van der Waals surface area (Å²) in [5.41, 5.74) is 3.71. The first kappa shape index (κ1) is 18.3. The Balaban J connectivity index is 1.78. The minimum absolute atomic E-state index is 0.149. The number of carbonyl (C=O) groups excluding carboxylic acids is 1. The topological polar surface area (TPSA) is 50.3 Å². The highest BCUT2D eigenvalue weighted by atomic mass is 32.2. The highest BCUT2D eigenvalue weighted by Gasteiger charge is 2.33. The molecule has 28 heavy (non-hydrogen) atoms. The summed E-state index contributed by atoms with van der Waals surface area (Å²) in [6.07, 6.45) is 4.98. The zero-order chi connectivity index (χ0) is 19.7. The van der Waals surface area contributed by atoms with Crippen molar-refractivity contribution in [3.8, 4) is 0 Å². The van der Waals surface area contributed by atoms with E-state index in [9.17, 15) is 13.4 Å². The number of amides is 1. The molecule has 2 heterocycles. The summed E-state index contributed by atoms with van der Waals surface area (Å²) in [5, 5.41) is 0. The van der Waals surface area contributed by atoms with Crippen LogP contribution in [0.3, 0.4) is 0 Å². The van der Waals surface area contributed by atoms with Crippen molar-refractivity contribution in [2.24, 2.45) is 0 Å². The molecular weight excluding hydrogens is 375 g/mol. The Labute approximate surface area is 164 Å². The molecule has 2 aromatic carbocycles. The molecule has 4 rings (SSSR count). The van der Waals surface area contributed by atoms with Gasteiger partial charge >= 0.3 is 0 Å². The van der Waals surface area contributed by atoms with Gasteiger partial charge in [-0.1, -0.05) is 12.1 Å². The first-order valence-corrected chi connectivity index (χ1v) is 10.3. The molecule has 0 spiro atoms. The van der Waals surface area contributed by atoms with Gasteiger partial charge in [-0.2, -0.15) is 0 Å². The molecule has 4 nitrogen and oxygen atoms in total. The quantitative estimate of drug-likeness (QED) is 0.676. The smallest absolute Gasteiger partial charge is 0.259 e. The average Bonchev–Trinajstić information content (AvgIpc) is 3.06. The van der Waals surface area contributed by atoms with E-state index in [0.717, 1.165) is 16.8 Å². The molecule has 0 aliphatic carbocycles. The monoisotopic (exact) mass is 392 g/mol. The Morgan fingerprint density at radius 2 is 1.57 bits per heavy atom. The van der Waals surface area contributed by atoms with E-state index in [-0.39, 0.29) is 11.7 Å². The van der Waals surface area contributed by atoms with Crippen molar-refractivity contribution in [2.45, 2.75) is 4.90 Å². The minimum Gasteiger partial charge on any atom is -0.304 e. The minimum atomic E-state index is -1.08. The first-order chi connectivity index (χ1) is 13.5. The third-order valence-corrected chi connectivity index (χ3v) is 5.66. The van der Waals surface area contributed by atoms with Gasteiger partial charge in [0.25, 0.3) is 5.91 Å². The Kier molecular flexibility index (Phi) is 4.88. The van der Waals surface area contributed by atoms with Crippen molar-refractivity contribution in [2.75, 3.05) is 17.7 Å². The number of rotatable bonds is 4. The molecule has 0 radical (unpaired) electrons. The molecule has 1 atom stereocenters. The summed E-state index contributed by atoms with van der Waals surface area (Å²) in [6, 6.07) is 16.8. The van der Waals surface area contributed by atoms with E-state index in [4.69, 9.17) is 0 Å². The SMILES string of the molecule is CS(=O)c1ccc(N2CC(c3ccncc3)=C(c3ccc(F)cc3)C2=O)cc1. The van der Waals surface area contributed by atoms with Gasteiger partial charge in [0, 0.05) is 40.0 Å². The number of anilines is 1. The van der Waals surface area contributed by atoms with Crippen LogP contribution in [0.15, 0.2) is 78.0 Å². The third kappa shape index (κ3) is 3.39. The van der Waals surface area contributed by atoms with E-state index in [2.05, 4.69) is 4.98 Å². The second-order valence-corrected chi connectivity index (χ2v) is 7.82. The Morgan fingerprint density at radius 1 is 0.929 bits per heavy atom. The van der Waals surface area contributed by atoms with Gasteiger partial charge < -0.3 is 4.90 Å². The second kappa shape index (κ2) is 7.48. The van der Waals surface area contributed by atoms with Crippen molar-refractivity contribution in [1.82, 2.24) is 4.98 Å². The van der Waals surface area contributed by atoms with Crippen molar-refractivity contribution in [3.63, 3.8) is 0 Å². The van der Waals surface area contributed by atoms with Crippen LogP contribution in [0.25, 0.3) is 11.1 Å². The molecule has 1 amide bonds. The molecule has 1 aliphatic rings. The maximum Gasteiger partial charge on any atom is 0.259 e. The fourth-order valence-electron chi connectivity index (χ4n) is 3.30. The first-order valence-electron chi connectivity index (χ1n) is 8.69. The number of benzene rings is 2. The summed E-state index contributed by atoms with van der Waals surface area (Å²) in [7, 11) is -1.08. The molecule has 6 heteroatoms. The van der Waals surface area contributed by atoms with Crippen LogP contribution in [0.5, 0.6) is 0 Å². The molecule has 0 fully saturated rings. The van der Waals surface area contributed by atoms with Gasteiger partial charge in [0.15, 0.2) is 0 Å². The van der Waals surface area contributed by atoms with Gasteiger partial charge in [0.2, 0.25) is 0 Å². The molecule has 0 N–H and O–H groups in total. The van der Waals surface area contributed by atoms with Crippen molar-refractivity contribution in [1.29, 1.82) is 0 Å². The standard InChI is InChI=1S/C22H17FN2O2S/c1-28(27)19-8-6-18(7-9-19)25-14-20(15-10-12-24-13-11-15)21(22(25)26)16-2-4-17(23)5-3-16/h2-13H,14H2,1H3. The molecule has 0 saturated carbocycles. The van der Waals surface area contributed by atoms with Crippen LogP contribution in [-0.2, 0) is 15.6 Å². The van der Waals surface area contributed by atoms with Crippen LogP contribution in [0.1, 0.15) is 11.1 Å². The van der Waals surface area contributed by atoms with Crippen molar-refractivity contribution >= 4 is 33.5 Å². The summed E-state index contributed by atoms with van der Waals surface area (Å²) < 4.78 is 25.0. The lowest BCUT2D eigenvalue weighted by Gasteiger charge is -2.17. The fourth-order valence-corrected chi connectivity index (χ4v) is 3.82. The summed E-state index contributed by atoms with van der Waals surface area (Å²) in [6.45, 7) is 0.393. The molecular formula is C22H17FN2O2S. The maximum absolute atomic E-state index is 13.4. The highest BCUT2D eigenvalue weighted by molar-refractivity contribution is 7.84. The molecule has 3 aromatic rings. The van der Waals surface area contributed by atoms with Crippen LogP contribution in [0.4, 0.5) is 10.1 Å². The highest BCUT2D eigenvalue weighted by Crippen LogP contribution is 2.37. The number of nitrogens with zero attached hydrogens (tertiary/aromatic N) is 2. The molecule has 0 saturated heterocycles. The summed E-state index contributed by atoms with van der Waals surface area (Å²) >= 11 is 0. The maximum atomic E-state index is 13.4. The zero-order valence-corrected chi connectivity index (χ0v) is 15.9. The van der Waals surface area contributed by atoms with Gasteiger partial charge in [-0.05, 0) is 65.2 Å². The molecule has 140 valence electrons. The van der Waals surface area contributed by atoms with Gasteiger partial charge in [0.1, 0.15) is 5.82 Å². The predicted octanol–water partition coefficient (Wildman–Crippen LogP) is 3.92. The fraction of sp³-hybridized carbons (Fsp3) is 0.0909. The van der Waals surface area contributed by atoms with Crippen LogP contribution < -0.4 is 4.90 Å². The number of pyridine rings is 1. The molecule has 0 bridgehead atoms. The number of hydrogen-bond donors (Lipinski definition) is 0. The van der Waals surface area contributed by atoms with E-state index < -0.39 is 10.8 Å². The van der Waals surface area contributed by atoms with Crippen molar-refractivity contribution in [3.05, 3.63) is 90.0 Å². The van der Waals surface area contributed by atoms with E-state index in [1.807, 2.05) is 12.1 Å². The largest absolute Gasteiger partial charge is 0.304 e. The van der Waals surface area contributed by atoms with E-state index >= 15 is 0 Å². The Bertz CT molecular complexity index is 1080. The summed E-state index contributed by atoms with van der Waals surface area (Å²) in [5.74, 6) is -0.496. The van der Waals surface area contributed by atoms with Crippen LogP contribution in [0.2, 0.25) is 0 Å². The summed E-state index contributed by atoms with van der Waals surface area (Å²) in [4.78, 5) is 19.7. The van der Waals surface area contributed by atoms with E-state index in [0.29, 0.717) is 22.6 Å². The lowest BCUT2D eigenvalue weighted by molar-refractivity contribution is -0.112. The molecule has 1 aliphatic heterocycles. The van der Waals surface area contributed by atoms with E-state index in [1.165, 1.54) is 12.1 Å². The van der Waals surface area contributed by atoms with Crippen LogP contribution in [0, 0.1) is 5.82 Å². The number of carbonyl (C=O) groups is 1. The number of hydrogen-bond acceptors (Lipinski definition) is 3. The normalized spacial score (nSPS) is 15.2. The van der Waals surface area contributed by atoms with Crippen LogP contribution in [-0.4, -0.2) is 27.9 Å². The molecule has 1 unspecified atom stereocenters. The van der Waals surface area contributed by atoms with Crippen LogP contribution >= 0.6 is 0 Å². The Hall–Kier alpha value is -3.12. The second-order valence-electron chi connectivity index (χ2n) is 6.44. The van der Waals surface area contributed by atoms with Crippen molar-refractivity contribution < 1.29 is 13.4 Å². The molecule has 1 aromatic heterocycles. The Morgan fingerprint density at radius 3 is 2.18 bits per heavy atom. The average molecular weight is 392 g/mol. The number of halogens is 1. The van der Waals surface area contributed by atoms with E-state index in [1.54, 1.807) is 59.9 Å². The predicted molar refractivity (Wildman–Crippen MR) is 109 cm³/mol. The number of aromatic nitrogens is 1. The third-order valence-electron chi connectivity index (χ3n) is 4.72. The zero-order valence-electron chi connectivity index (χ0n) is 15.1. The van der Waals surface area contributed by atoms with Gasteiger partial charge in [-0.25, -0.2) is 4.39 Å². The lowest BCUT2D eigenvalue weighted by Crippen LogP contribution is -2.26. The van der Waals surface area contributed by atoms with Gasteiger partial charge in [-0.3, -0.25) is 14.0 Å².